The van der Waals surface area contributed by atoms with Gasteiger partial charge in [-0.05, 0) is 31.9 Å². The molecule has 3 N–H and O–H groups in total. The van der Waals surface area contributed by atoms with E-state index < -0.39 is 18.1 Å². The highest BCUT2D eigenvalue weighted by Crippen LogP contribution is 2.03. The minimum Gasteiger partial charge on any atom is -0.464 e. The van der Waals surface area contributed by atoms with Crippen molar-refractivity contribution in [2.75, 3.05) is 13.2 Å². The Kier molecular flexibility index (Phi) is 7.89. The van der Waals surface area contributed by atoms with E-state index in [1.807, 2.05) is 30.3 Å². The topological polar surface area (TPSA) is 90.6 Å². The maximum absolute atomic E-state index is 11.7. The minimum absolute atomic E-state index is 0.152. The fourth-order valence-corrected chi connectivity index (χ4v) is 1.72. The third-order valence-electron chi connectivity index (χ3n) is 2.77. The number of carbonyl (C=O) groups is 2. The van der Waals surface area contributed by atoms with Crippen LogP contribution in [0.25, 0.3) is 0 Å². The van der Waals surface area contributed by atoms with E-state index in [-0.39, 0.29) is 13.2 Å². The predicted octanol–water partition coefficient (Wildman–Crippen LogP) is 1.58. The predicted molar refractivity (Wildman–Crippen MR) is 78.5 cm³/mol. The molecule has 1 atom stereocenters. The summed E-state index contributed by atoms with van der Waals surface area (Å²) in [6.45, 7) is 2.57. The van der Waals surface area contributed by atoms with Crippen molar-refractivity contribution in [2.24, 2.45) is 5.73 Å². The normalized spacial score (nSPS) is 11.5. The van der Waals surface area contributed by atoms with Gasteiger partial charge in [-0.15, -0.1) is 0 Å². The molecule has 0 aromatic heterocycles. The fraction of sp³-hybridized carbons (Fsp3) is 0.467. The highest BCUT2D eigenvalue weighted by molar-refractivity contribution is 5.81. The Morgan fingerprint density at radius 2 is 1.95 bits per heavy atom. The summed E-state index contributed by atoms with van der Waals surface area (Å²) in [7, 11) is 0. The lowest BCUT2D eigenvalue weighted by molar-refractivity contribution is -0.145. The number of rotatable bonds is 8. The SMILES string of the molecule is CCOC(=O)[C@H](CCCN)NC(=O)OCc1ccccc1. The van der Waals surface area contributed by atoms with Crippen molar-refractivity contribution >= 4 is 12.1 Å². The Bertz CT molecular complexity index is 437. The van der Waals surface area contributed by atoms with Crippen LogP contribution in [0, 0.1) is 0 Å². The van der Waals surface area contributed by atoms with Crippen LogP contribution < -0.4 is 11.1 Å². The molecular formula is C15H22N2O4. The van der Waals surface area contributed by atoms with Gasteiger partial charge >= 0.3 is 12.1 Å². The summed E-state index contributed by atoms with van der Waals surface area (Å²) in [5, 5.41) is 2.52. The van der Waals surface area contributed by atoms with Gasteiger partial charge in [0, 0.05) is 0 Å². The molecule has 1 aromatic carbocycles. The zero-order valence-electron chi connectivity index (χ0n) is 12.2. The van der Waals surface area contributed by atoms with E-state index in [2.05, 4.69) is 5.32 Å². The Morgan fingerprint density at radius 1 is 1.24 bits per heavy atom. The van der Waals surface area contributed by atoms with Crippen LogP contribution in [-0.2, 0) is 20.9 Å². The van der Waals surface area contributed by atoms with Crippen LogP contribution in [0.5, 0.6) is 0 Å². The second-order valence-corrected chi connectivity index (χ2v) is 4.44. The molecule has 0 radical (unpaired) electrons. The van der Waals surface area contributed by atoms with Crippen molar-refractivity contribution in [1.29, 1.82) is 0 Å². The maximum Gasteiger partial charge on any atom is 0.408 e. The van der Waals surface area contributed by atoms with Gasteiger partial charge in [0.25, 0.3) is 0 Å². The van der Waals surface area contributed by atoms with E-state index >= 15 is 0 Å². The van der Waals surface area contributed by atoms with E-state index in [4.69, 9.17) is 15.2 Å². The number of hydrogen-bond acceptors (Lipinski definition) is 5. The van der Waals surface area contributed by atoms with Crippen molar-refractivity contribution < 1.29 is 19.1 Å². The number of benzene rings is 1. The molecule has 1 aromatic rings. The lowest BCUT2D eigenvalue weighted by atomic mass is 10.1. The second-order valence-electron chi connectivity index (χ2n) is 4.44. The Morgan fingerprint density at radius 3 is 2.57 bits per heavy atom. The van der Waals surface area contributed by atoms with Gasteiger partial charge in [-0.25, -0.2) is 9.59 Å². The Balaban J connectivity index is 2.45. The van der Waals surface area contributed by atoms with Gasteiger partial charge in [-0.1, -0.05) is 30.3 Å². The molecule has 0 aliphatic carbocycles. The highest BCUT2D eigenvalue weighted by Gasteiger charge is 2.22. The first kappa shape index (κ1) is 17.0. The largest absolute Gasteiger partial charge is 0.464 e. The molecule has 0 aliphatic heterocycles. The molecule has 0 saturated carbocycles. The molecule has 1 rings (SSSR count). The summed E-state index contributed by atoms with van der Waals surface area (Å²) < 4.78 is 9.99. The van der Waals surface area contributed by atoms with E-state index in [0.717, 1.165) is 5.56 Å². The molecule has 0 fully saturated rings. The number of alkyl carbamates (subject to hydrolysis) is 1. The van der Waals surface area contributed by atoms with Gasteiger partial charge in [-0.3, -0.25) is 0 Å². The summed E-state index contributed by atoms with van der Waals surface area (Å²) in [6.07, 6.45) is 0.395. The zero-order chi connectivity index (χ0) is 15.5. The second kappa shape index (κ2) is 9.77. The van der Waals surface area contributed by atoms with Gasteiger partial charge in [0.15, 0.2) is 0 Å². The molecule has 6 nitrogen and oxygen atoms in total. The Hall–Kier alpha value is -2.08. The van der Waals surface area contributed by atoms with Crippen molar-refractivity contribution in [1.82, 2.24) is 5.32 Å². The highest BCUT2D eigenvalue weighted by atomic mass is 16.6. The third kappa shape index (κ3) is 6.76. The van der Waals surface area contributed by atoms with Crippen molar-refractivity contribution in [3.63, 3.8) is 0 Å². The number of ether oxygens (including phenoxy) is 2. The summed E-state index contributed by atoms with van der Waals surface area (Å²) in [4.78, 5) is 23.5. The van der Waals surface area contributed by atoms with E-state index in [9.17, 15) is 9.59 Å². The molecule has 0 bridgehead atoms. The van der Waals surface area contributed by atoms with Gasteiger partial charge < -0.3 is 20.5 Å². The first-order chi connectivity index (χ1) is 10.2. The first-order valence-corrected chi connectivity index (χ1v) is 7.01. The van der Waals surface area contributed by atoms with Crippen LogP contribution in [-0.4, -0.2) is 31.3 Å². The summed E-state index contributed by atoms with van der Waals surface area (Å²) in [5.74, 6) is -0.470. The lowest BCUT2D eigenvalue weighted by Gasteiger charge is -2.16. The standard InChI is InChI=1S/C15H22N2O4/c1-2-20-14(18)13(9-6-10-16)17-15(19)21-11-12-7-4-3-5-8-12/h3-5,7-8,13H,2,6,9-11,16H2,1H3,(H,17,19)/t13-/m0/s1. The number of nitrogens with two attached hydrogens (primary N) is 1. The van der Waals surface area contributed by atoms with Crippen LogP contribution in [0.15, 0.2) is 30.3 Å². The monoisotopic (exact) mass is 294 g/mol. The summed E-state index contributed by atoms with van der Waals surface area (Å²) in [5.41, 5.74) is 6.30. The molecule has 0 aliphatic rings. The molecule has 6 heteroatoms. The van der Waals surface area contributed by atoms with Crippen LogP contribution in [0.1, 0.15) is 25.3 Å². The lowest BCUT2D eigenvalue weighted by Crippen LogP contribution is -2.42. The van der Waals surface area contributed by atoms with Crippen LogP contribution >= 0.6 is 0 Å². The van der Waals surface area contributed by atoms with Gasteiger partial charge in [-0.2, -0.15) is 0 Å². The molecule has 1 amide bonds. The molecule has 116 valence electrons. The van der Waals surface area contributed by atoms with Crippen LogP contribution in [0.4, 0.5) is 4.79 Å². The maximum atomic E-state index is 11.7. The van der Waals surface area contributed by atoms with Crippen LogP contribution in [0.2, 0.25) is 0 Å². The summed E-state index contributed by atoms with van der Waals surface area (Å²) >= 11 is 0. The molecule has 0 spiro atoms. The molecule has 21 heavy (non-hydrogen) atoms. The Labute approximate surface area is 124 Å². The number of hydrogen-bond donors (Lipinski definition) is 2. The van der Waals surface area contributed by atoms with Gasteiger partial charge in [0.2, 0.25) is 0 Å². The number of carbonyl (C=O) groups excluding carboxylic acids is 2. The fourth-order valence-electron chi connectivity index (χ4n) is 1.72. The molecule has 0 unspecified atom stereocenters. The average Bonchev–Trinajstić information content (AvgIpc) is 2.50. The average molecular weight is 294 g/mol. The van der Waals surface area contributed by atoms with Crippen LogP contribution in [0.3, 0.4) is 0 Å². The van der Waals surface area contributed by atoms with E-state index in [1.54, 1.807) is 6.92 Å². The summed E-state index contributed by atoms with van der Waals surface area (Å²) in [6, 6.07) is 8.58. The smallest absolute Gasteiger partial charge is 0.408 e. The molecule has 0 heterocycles. The molecular weight excluding hydrogens is 272 g/mol. The van der Waals surface area contributed by atoms with E-state index in [0.29, 0.717) is 19.4 Å². The zero-order valence-corrected chi connectivity index (χ0v) is 12.2. The van der Waals surface area contributed by atoms with Gasteiger partial charge in [0.05, 0.1) is 6.61 Å². The van der Waals surface area contributed by atoms with Crippen molar-refractivity contribution in [2.45, 2.75) is 32.4 Å². The first-order valence-electron chi connectivity index (χ1n) is 7.01. The molecule has 0 saturated heterocycles. The van der Waals surface area contributed by atoms with Crippen molar-refractivity contribution in [3.8, 4) is 0 Å². The van der Waals surface area contributed by atoms with Gasteiger partial charge in [0.1, 0.15) is 12.6 Å². The number of esters is 1. The minimum atomic E-state index is -0.725. The van der Waals surface area contributed by atoms with E-state index in [1.165, 1.54) is 0 Å². The quantitative estimate of drug-likeness (QED) is 0.710. The third-order valence-corrected chi connectivity index (χ3v) is 2.77. The number of amides is 1. The van der Waals surface area contributed by atoms with Crippen molar-refractivity contribution in [3.05, 3.63) is 35.9 Å². The number of nitrogens with one attached hydrogen (secondary N) is 1.